The Balaban J connectivity index is 1.58. The maximum absolute atomic E-state index is 6.97. The third-order valence-corrected chi connectivity index (χ3v) is 10.3. The van der Waals surface area contributed by atoms with Crippen LogP contribution in [-0.2, 0) is 0 Å². The Morgan fingerprint density at radius 1 is 0.444 bits per heavy atom. The van der Waals surface area contributed by atoms with Gasteiger partial charge in [-0.1, -0.05) is 0 Å². The third kappa shape index (κ3) is 0.605. The molecule has 96 valence electrons. The number of rotatable bonds is 0. The van der Waals surface area contributed by atoms with Crippen molar-refractivity contribution in [3.63, 3.8) is 0 Å². The molecule has 0 nitrogen and oxygen atoms in total. The van der Waals surface area contributed by atoms with Crippen LogP contribution >= 0.6 is 23.2 Å². The minimum atomic E-state index is 0.511. The van der Waals surface area contributed by atoms with Gasteiger partial charge in [-0.3, -0.25) is 0 Å². The summed E-state index contributed by atoms with van der Waals surface area (Å²) >= 11 is 13.9. The number of hydrogen-bond acceptors (Lipinski definition) is 0. The van der Waals surface area contributed by atoms with Crippen LogP contribution in [0.25, 0.3) is 0 Å². The molecule has 0 radical (unpaired) electrons. The normalized spacial score (nSPS) is 87.0. The molecule has 7 saturated carbocycles. The van der Waals surface area contributed by atoms with Crippen molar-refractivity contribution in [2.75, 3.05) is 0 Å². The molecule has 0 aromatic heterocycles. The first-order chi connectivity index (χ1) is 8.80. The third-order valence-electron chi connectivity index (χ3n) is 9.17. The lowest BCUT2D eigenvalue weighted by Gasteiger charge is -2.47. The van der Waals surface area contributed by atoms with E-state index in [-0.39, 0.29) is 0 Å². The first-order valence-electron chi connectivity index (χ1n) is 8.09. The van der Waals surface area contributed by atoms with Gasteiger partial charge < -0.3 is 0 Å². The minimum absolute atomic E-state index is 0.511. The van der Waals surface area contributed by atoms with E-state index >= 15 is 0 Å². The molecule has 18 heavy (non-hydrogen) atoms. The molecule has 2 heteroatoms. The van der Waals surface area contributed by atoms with Gasteiger partial charge in [0.25, 0.3) is 0 Å². The number of hydrogen-bond donors (Lipinski definition) is 0. The Kier molecular flexibility index (Phi) is 1.28. The maximum atomic E-state index is 6.97. The van der Waals surface area contributed by atoms with Gasteiger partial charge in [0.1, 0.15) is 0 Å². The summed E-state index contributed by atoms with van der Waals surface area (Å²) in [5.41, 5.74) is 0. The standard InChI is InChI=1S/C16H18Cl2/c17-15-6-3-1-2-4-5(3)8-9(6)11-12-10(8)7(4)16(18)14(12)13(11)15/h3-16H,1-2H2/t3-,4+,5?,6-,7+,8?,9-,10-,11-,12+,13-,14-,15-,16+/m0/s1. The zero-order chi connectivity index (χ0) is 11.5. The van der Waals surface area contributed by atoms with Gasteiger partial charge in [-0.25, -0.2) is 0 Å². The van der Waals surface area contributed by atoms with E-state index in [0.29, 0.717) is 10.8 Å². The van der Waals surface area contributed by atoms with E-state index in [4.69, 9.17) is 23.2 Å². The van der Waals surface area contributed by atoms with Crippen LogP contribution in [0.3, 0.4) is 0 Å². The fraction of sp³-hybridized carbons (Fsp3) is 1.00. The van der Waals surface area contributed by atoms with Gasteiger partial charge in [-0.05, 0) is 83.9 Å². The Morgan fingerprint density at radius 2 is 0.833 bits per heavy atom. The first-order valence-corrected chi connectivity index (χ1v) is 8.96. The van der Waals surface area contributed by atoms with Gasteiger partial charge in [0.2, 0.25) is 0 Å². The Bertz CT molecular complexity index is 431. The summed E-state index contributed by atoms with van der Waals surface area (Å²) in [6, 6.07) is 0. The molecule has 7 aliphatic rings. The zero-order valence-electron chi connectivity index (χ0n) is 10.3. The molecule has 0 N–H and O–H groups in total. The Labute approximate surface area is 118 Å². The average molecular weight is 281 g/mol. The highest BCUT2D eigenvalue weighted by Crippen LogP contribution is 2.88. The van der Waals surface area contributed by atoms with Crippen molar-refractivity contribution in [2.24, 2.45) is 71.0 Å². The molecule has 0 amide bonds. The van der Waals surface area contributed by atoms with Crippen LogP contribution < -0.4 is 0 Å². The van der Waals surface area contributed by atoms with E-state index in [1.54, 1.807) is 0 Å². The topological polar surface area (TPSA) is 0 Å². The molecule has 7 fully saturated rings. The molecule has 0 saturated heterocycles. The zero-order valence-corrected chi connectivity index (χ0v) is 11.8. The summed E-state index contributed by atoms with van der Waals surface area (Å²) < 4.78 is 0. The van der Waals surface area contributed by atoms with Gasteiger partial charge in [0.15, 0.2) is 0 Å². The van der Waals surface area contributed by atoms with Crippen LogP contribution in [0.5, 0.6) is 0 Å². The fourth-order valence-corrected chi connectivity index (χ4v) is 11.0. The predicted molar refractivity (Wildman–Crippen MR) is 70.4 cm³/mol. The van der Waals surface area contributed by atoms with Crippen LogP contribution in [-0.4, -0.2) is 10.8 Å². The Morgan fingerprint density at radius 3 is 1.33 bits per heavy atom. The molecule has 7 rings (SSSR count). The molecule has 14 atom stereocenters. The molecule has 0 spiro atoms. The van der Waals surface area contributed by atoms with E-state index in [0.717, 1.165) is 71.0 Å². The summed E-state index contributed by atoms with van der Waals surface area (Å²) in [6.07, 6.45) is 3.00. The van der Waals surface area contributed by atoms with Gasteiger partial charge in [0, 0.05) is 10.8 Å². The summed E-state index contributed by atoms with van der Waals surface area (Å²) in [4.78, 5) is 0. The van der Waals surface area contributed by atoms with E-state index in [9.17, 15) is 0 Å². The summed E-state index contributed by atoms with van der Waals surface area (Å²) in [5, 5.41) is 1.02. The number of alkyl halides is 2. The smallest absolute Gasteiger partial charge is 0.0404 e. The highest BCUT2D eigenvalue weighted by molar-refractivity contribution is 6.23. The van der Waals surface area contributed by atoms with Crippen molar-refractivity contribution in [2.45, 2.75) is 23.6 Å². The van der Waals surface area contributed by atoms with E-state index in [2.05, 4.69) is 0 Å². The van der Waals surface area contributed by atoms with Crippen LogP contribution in [0.15, 0.2) is 0 Å². The van der Waals surface area contributed by atoms with Crippen molar-refractivity contribution < 1.29 is 0 Å². The van der Waals surface area contributed by atoms with Gasteiger partial charge in [-0.2, -0.15) is 0 Å². The number of halogens is 2. The molecule has 0 aromatic rings. The molecule has 0 aliphatic heterocycles. The van der Waals surface area contributed by atoms with E-state index in [1.807, 2.05) is 0 Å². The quantitative estimate of drug-likeness (QED) is 0.596. The Hall–Kier alpha value is 0.580. The largest absolute Gasteiger partial charge is 0.122 e. The molecular weight excluding hydrogens is 263 g/mol. The van der Waals surface area contributed by atoms with Crippen molar-refractivity contribution >= 4 is 23.2 Å². The molecular formula is C16H18Cl2. The SMILES string of the molecule is Cl[C@@H]1[C@@H]2[C@H]3[C@H](Cl)[C@H]4[C@H]5C6C7[C@H]4CC[C@@H]7[C@H]1[C@@H]6[C@H]2[C@@H]53. The highest BCUT2D eigenvalue weighted by Gasteiger charge is 2.86. The van der Waals surface area contributed by atoms with Crippen molar-refractivity contribution in [1.82, 2.24) is 0 Å². The lowest BCUT2D eigenvalue weighted by atomic mass is 9.60. The molecule has 0 heterocycles. The number of fused-ring (bicyclic) bond motifs is 3. The van der Waals surface area contributed by atoms with Crippen molar-refractivity contribution in [3.8, 4) is 0 Å². The fourth-order valence-electron chi connectivity index (χ4n) is 9.60. The van der Waals surface area contributed by atoms with Crippen LogP contribution in [0.2, 0.25) is 0 Å². The predicted octanol–water partition coefficient (Wildman–Crippen LogP) is 3.47. The molecule has 2 unspecified atom stereocenters. The summed E-state index contributed by atoms with van der Waals surface area (Å²) in [6.45, 7) is 0. The van der Waals surface area contributed by atoms with E-state index in [1.165, 1.54) is 12.8 Å². The van der Waals surface area contributed by atoms with Crippen molar-refractivity contribution in [3.05, 3.63) is 0 Å². The van der Waals surface area contributed by atoms with Gasteiger partial charge in [0.05, 0.1) is 0 Å². The molecule has 7 aliphatic carbocycles. The second-order valence-corrected chi connectivity index (χ2v) is 9.58. The van der Waals surface area contributed by atoms with Crippen LogP contribution in [0.1, 0.15) is 12.8 Å². The second-order valence-electron chi connectivity index (χ2n) is 8.57. The lowest BCUT2D eigenvalue weighted by molar-refractivity contribution is 0.0287. The maximum Gasteiger partial charge on any atom is 0.0404 e. The second kappa shape index (κ2) is 2.43. The average Bonchev–Trinajstić information content (AvgIpc) is 2.98. The minimum Gasteiger partial charge on any atom is -0.122 e. The van der Waals surface area contributed by atoms with Crippen LogP contribution in [0, 0.1) is 71.0 Å². The summed E-state index contributed by atoms with van der Waals surface area (Å²) in [5.74, 6) is 11.9. The first kappa shape index (κ1) is 9.50. The van der Waals surface area contributed by atoms with Gasteiger partial charge >= 0.3 is 0 Å². The van der Waals surface area contributed by atoms with Crippen LogP contribution in [0.4, 0.5) is 0 Å². The van der Waals surface area contributed by atoms with E-state index < -0.39 is 0 Å². The lowest BCUT2D eigenvalue weighted by Crippen LogP contribution is -2.47. The molecule has 0 aromatic carbocycles. The monoisotopic (exact) mass is 280 g/mol. The summed E-state index contributed by atoms with van der Waals surface area (Å²) in [7, 11) is 0. The van der Waals surface area contributed by atoms with Crippen molar-refractivity contribution in [1.29, 1.82) is 0 Å². The van der Waals surface area contributed by atoms with Gasteiger partial charge in [-0.15, -0.1) is 23.2 Å². The highest BCUT2D eigenvalue weighted by atomic mass is 35.5. The molecule has 0 bridgehead atoms.